The summed E-state index contributed by atoms with van der Waals surface area (Å²) >= 11 is 1.88. The Bertz CT molecular complexity index is 593. The molecule has 0 aliphatic rings. The van der Waals surface area contributed by atoms with Gasteiger partial charge in [0.05, 0.1) is 0 Å². The number of aliphatic hydroxyl groups excluding tert-OH is 1. The molecule has 2 aromatic rings. The first kappa shape index (κ1) is 17.1. The maximum Gasteiger partial charge on any atom is 0.120 e. The van der Waals surface area contributed by atoms with Gasteiger partial charge in [0.15, 0.2) is 0 Å². The standard InChI is InChI=1S/C19H24OSSi/c1-22(2,18-13-7-4-8-14-18)19(15-9-10-16-20)21-17-11-5-3-6-12-17/h3-8,11-15,20H,9-10,16H2,1-2H3/b19-15+. The van der Waals surface area contributed by atoms with Crippen LogP contribution in [0.5, 0.6) is 0 Å². The van der Waals surface area contributed by atoms with Crippen molar-refractivity contribution in [2.24, 2.45) is 0 Å². The maximum atomic E-state index is 9.06. The lowest BCUT2D eigenvalue weighted by Crippen LogP contribution is -2.42. The summed E-state index contributed by atoms with van der Waals surface area (Å²) in [6.45, 7) is 5.07. The maximum absolute atomic E-state index is 9.06. The van der Waals surface area contributed by atoms with E-state index >= 15 is 0 Å². The molecular formula is C19H24OSSi. The molecule has 0 saturated carbocycles. The summed E-state index contributed by atoms with van der Waals surface area (Å²) in [5.41, 5.74) is 0. The third-order valence-electron chi connectivity index (χ3n) is 3.77. The minimum atomic E-state index is -1.70. The van der Waals surface area contributed by atoms with Crippen LogP contribution in [0.25, 0.3) is 0 Å². The molecule has 0 radical (unpaired) electrons. The highest BCUT2D eigenvalue weighted by molar-refractivity contribution is 8.05. The van der Waals surface area contributed by atoms with Gasteiger partial charge in [0.1, 0.15) is 8.07 Å². The first-order valence-electron chi connectivity index (χ1n) is 7.74. The SMILES string of the molecule is C[Si](C)(/C(=C/CCCO)Sc1ccccc1)c1ccccc1. The van der Waals surface area contributed by atoms with Crippen molar-refractivity contribution in [1.29, 1.82) is 0 Å². The van der Waals surface area contributed by atoms with E-state index < -0.39 is 8.07 Å². The Kier molecular flexibility index (Phi) is 6.49. The molecule has 3 heteroatoms. The summed E-state index contributed by atoms with van der Waals surface area (Å²) in [7, 11) is -1.70. The average molecular weight is 329 g/mol. The summed E-state index contributed by atoms with van der Waals surface area (Å²) in [5, 5.41) is 10.5. The third-order valence-corrected chi connectivity index (χ3v) is 9.72. The number of allylic oxidation sites excluding steroid dienone is 1. The summed E-state index contributed by atoms with van der Waals surface area (Å²) in [6, 6.07) is 21.4. The number of hydrogen-bond acceptors (Lipinski definition) is 2. The van der Waals surface area contributed by atoms with E-state index in [4.69, 9.17) is 5.11 Å². The lowest BCUT2D eigenvalue weighted by Gasteiger charge is -2.26. The molecule has 1 N–H and O–H groups in total. The van der Waals surface area contributed by atoms with Crippen molar-refractivity contribution in [2.45, 2.75) is 30.8 Å². The van der Waals surface area contributed by atoms with Gasteiger partial charge in [0.25, 0.3) is 0 Å². The highest BCUT2D eigenvalue weighted by Crippen LogP contribution is 2.33. The fourth-order valence-corrected chi connectivity index (χ4v) is 6.80. The molecule has 0 aliphatic carbocycles. The topological polar surface area (TPSA) is 20.2 Å². The second-order valence-corrected chi connectivity index (χ2v) is 11.7. The van der Waals surface area contributed by atoms with Crippen LogP contribution in [0.2, 0.25) is 13.1 Å². The lowest BCUT2D eigenvalue weighted by molar-refractivity contribution is 0.289. The molecule has 2 aromatic carbocycles. The summed E-state index contributed by atoms with van der Waals surface area (Å²) in [5.74, 6) is 0. The van der Waals surface area contributed by atoms with Gasteiger partial charge in [-0.25, -0.2) is 0 Å². The van der Waals surface area contributed by atoms with Crippen LogP contribution in [0, 0.1) is 0 Å². The van der Waals surface area contributed by atoms with E-state index in [-0.39, 0.29) is 6.61 Å². The molecule has 116 valence electrons. The Hall–Kier alpha value is -1.29. The Morgan fingerprint density at radius 2 is 1.59 bits per heavy atom. The van der Waals surface area contributed by atoms with Crippen molar-refractivity contribution in [3.8, 4) is 0 Å². The van der Waals surface area contributed by atoms with Crippen molar-refractivity contribution in [2.75, 3.05) is 6.61 Å². The zero-order chi connectivity index (χ0) is 15.8. The number of rotatable bonds is 7. The second kappa shape index (κ2) is 8.37. The van der Waals surface area contributed by atoms with Crippen molar-refractivity contribution in [3.63, 3.8) is 0 Å². The fourth-order valence-electron chi connectivity index (χ4n) is 2.36. The highest BCUT2D eigenvalue weighted by Gasteiger charge is 2.28. The van der Waals surface area contributed by atoms with Crippen molar-refractivity contribution >= 4 is 25.0 Å². The van der Waals surface area contributed by atoms with Gasteiger partial charge in [-0.2, -0.15) is 0 Å². The van der Waals surface area contributed by atoms with Crippen LogP contribution in [-0.2, 0) is 0 Å². The van der Waals surface area contributed by atoms with Gasteiger partial charge >= 0.3 is 0 Å². The summed E-state index contributed by atoms with van der Waals surface area (Å²) in [4.78, 5) is 1.29. The number of aliphatic hydroxyl groups is 1. The Morgan fingerprint density at radius 1 is 1.00 bits per heavy atom. The molecule has 0 saturated heterocycles. The Morgan fingerprint density at radius 3 is 2.18 bits per heavy atom. The molecule has 1 nitrogen and oxygen atoms in total. The number of benzene rings is 2. The van der Waals surface area contributed by atoms with E-state index in [1.54, 1.807) is 0 Å². The monoisotopic (exact) mass is 328 g/mol. The largest absolute Gasteiger partial charge is 0.396 e. The zero-order valence-corrected chi connectivity index (χ0v) is 15.1. The normalized spacial score (nSPS) is 12.4. The lowest BCUT2D eigenvalue weighted by atomic mass is 10.3. The molecule has 0 amide bonds. The van der Waals surface area contributed by atoms with Crippen molar-refractivity contribution in [3.05, 3.63) is 71.3 Å². The minimum Gasteiger partial charge on any atom is -0.396 e. The van der Waals surface area contributed by atoms with Gasteiger partial charge in [0, 0.05) is 11.5 Å². The number of thioether (sulfide) groups is 1. The van der Waals surface area contributed by atoms with Crippen LogP contribution in [0.3, 0.4) is 0 Å². The van der Waals surface area contributed by atoms with Gasteiger partial charge in [-0.3, -0.25) is 0 Å². The van der Waals surface area contributed by atoms with Gasteiger partial charge in [-0.15, -0.1) is 0 Å². The van der Waals surface area contributed by atoms with E-state index in [0.717, 1.165) is 12.8 Å². The van der Waals surface area contributed by atoms with Crippen LogP contribution in [0.15, 0.2) is 76.2 Å². The zero-order valence-electron chi connectivity index (χ0n) is 13.3. The van der Waals surface area contributed by atoms with E-state index in [1.807, 2.05) is 11.8 Å². The molecule has 0 unspecified atom stereocenters. The van der Waals surface area contributed by atoms with Gasteiger partial charge < -0.3 is 5.11 Å². The van der Waals surface area contributed by atoms with Gasteiger partial charge in [-0.1, -0.05) is 84.6 Å². The minimum absolute atomic E-state index is 0.257. The van der Waals surface area contributed by atoms with E-state index in [0.29, 0.717) is 0 Å². The quantitative estimate of drug-likeness (QED) is 0.456. The smallest absolute Gasteiger partial charge is 0.120 e. The first-order valence-corrected chi connectivity index (χ1v) is 11.6. The Labute approximate surface area is 139 Å². The molecule has 0 spiro atoms. The van der Waals surface area contributed by atoms with Crippen LogP contribution < -0.4 is 5.19 Å². The van der Waals surface area contributed by atoms with Crippen LogP contribution in [0.4, 0.5) is 0 Å². The number of hydrogen-bond donors (Lipinski definition) is 1. The molecule has 0 bridgehead atoms. The fraction of sp³-hybridized carbons (Fsp3) is 0.263. The van der Waals surface area contributed by atoms with E-state index in [1.165, 1.54) is 14.6 Å². The van der Waals surface area contributed by atoms with Crippen LogP contribution >= 0.6 is 11.8 Å². The second-order valence-electron chi connectivity index (χ2n) is 5.84. The summed E-state index contributed by atoms with van der Waals surface area (Å²) in [6.07, 6.45) is 4.11. The highest BCUT2D eigenvalue weighted by atomic mass is 32.2. The molecule has 0 aromatic heterocycles. The predicted octanol–water partition coefficient (Wildman–Crippen LogP) is 4.59. The van der Waals surface area contributed by atoms with Gasteiger partial charge in [0.2, 0.25) is 0 Å². The molecule has 0 aliphatic heterocycles. The van der Waals surface area contributed by atoms with Gasteiger partial charge in [-0.05, 0) is 29.5 Å². The third kappa shape index (κ3) is 4.60. The van der Waals surface area contributed by atoms with Crippen LogP contribution in [-0.4, -0.2) is 19.8 Å². The average Bonchev–Trinajstić information content (AvgIpc) is 2.56. The molecule has 0 fully saturated rings. The molecule has 2 rings (SSSR count). The number of unbranched alkanes of at least 4 members (excludes halogenated alkanes) is 1. The first-order chi connectivity index (χ1) is 10.6. The molecule has 0 heterocycles. The Balaban J connectivity index is 2.29. The molecule has 0 atom stereocenters. The summed E-state index contributed by atoms with van der Waals surface area (Å²) < 4.78 is 1.47. The van der Waals surface area contributed by atoms with Crippen molar-refractivity contribution < 1.29 is 5.11 Å². The predicted molar refractivity (Wildman–Crippen MR) is 100 cm³/mol. The van der Waals surface area contributed by atoms with E-state index in [9.17, 15) is 0 Å². The molecular weight excluding hydrogens is 304 g/mol. The van der Waals surface area contributed by atoms with Crippen LogP contribution in [0.1, 0.15) is 12.8 Å². The van der Waals surface area contributed by atoms with E-state index in [2.05, 4.69) is 79.8 Å². The van der Waals surface area contributed by atoms with Crippen molar-refractivity contribution in [1.82, 2.24) is 0 Å². The molecule has 22 heavy (non-hydrogen) atoms.